The molecule has 0 saturated carbocycles. The van der Waals surface area contributed by atoms with Crippen LogP contribution in [0.25, 0.3) is 0 Å². The van der Waals surface area contributed by atoms with Gasteiger partial charge in [-0.3, -0.25) is 4.79 Å². The van der Waals surface area contributed by atoms with Crippen LogP contribution in [0.4, 0.5) is 5.82 Å². The summed E-state index contributed by atoms with van der Waals surface area (Å²) in [4.78, 5) is 20.4. The van der Waals surface area contributed by atoms with Crippen LogP contribution in [0.15, 0.2) is 30.6 Å². The van der Waals surface area contributed by atoms with Crippen LogP contribution in [0.3, 0.4) is 0 Å². The van der Waals surface area contributed by atoms with Crippen LogP contribution in [0.5, 0.6) is 11.5 Å². The normalized spacial score (nSPS) is 10.5. The van der Waals surface area contributed by atoms with E-state index in [-0.39, 0.29) is 5.91 Å². The molecule has 1 amide bonds. The zero-order chi connectivity index (χ0) is 18.9. The SMILES string of the molecule is COc1ccc(CNc2cc(C(=O)NCCC(C)C)ncn2)cc1OC. The lowest BCUT2D eigenvalue weighted by molar-refractivity contribution is 0.0947. The van der Waals surface area contributed by atoms with E-state index in [4.69, 9.17) is 9.47 Å². The van der Waals surface area contributed by atoms with Gasteiger partial charge in [0, 0.05) is 19.2 Å². The molecule has 140 valence electrons. The van der Waals surface area contributed by atoms with Gasteiger partial charge in [0.05, 0.1) is 14.2 Å². The smallest absolute Gasteiger partial charge is 0.270 e. The van der Waals surface area contributed by atoms with E-state index in [0.717, 1.165) is 12.0 Å². The standard InChI is InChI=1S/C19H26N4O3/c1-13(2)7-8-20-19(24)15-10-18(23-12-22-15)21-11-14-5-6-16(25-3)17(9-14)26-4/h5-6,9-10,12-13H,7-8,11H2,1-4H3,(H,20,24)(H,21,22,23). The summed E-state index contributed by atoms with van der Waals surface area (Å²) in [6, 6.07) is 7.33. The van der Waals surface area contributed by atoms with Gasteiger partial charge in [0.25, 0.3) is 5.91 Å². The van der Waals surface area contributed by atoms with Gasteiger partial charge in [-0.15, -0.1) is 0 Å². The average Bonchev–Trinajstić information content (AvgIpc) is 2.65. The number of anilines is 1. The van der Waals surface area contributed by atoms with Crippen LogP contribution in [-0.2, 0) is 6.54 Å². The molecule has 0 radical (unpaired) electrons. The maximum absolute atomic E-state index is 12.1. The monoisotopic (exact) mass is 358 g/mol. The van der Waals surface area contributed by atoms with E-state index >= 15 is 0 Å². The molecule has 1 aromatic heterocycles. The predicted molar refractivity (Wildman–Crippen MR) is 101 cm³/mol. The molecule has 0 aliphatic carbocycles. The first-order valence-electron chi connectivity index (χ1n) is 8.58. The van der Waals surface area contributed by atoms with Gasteiger partial charge in [0.1, 0.15) is 17.8 Å². The fourth-order valence-electron chi connectivity index (χ4n) is 2.33. The average molecular weight is 358 g/mol. The third-order valence-corrected chi connectivity index (χ3v) is 3.83. The van der Waals surface area contributed by atoms with Crippen molar-refractivity contribution in [1.82, 2.24) is 15.3 Å². The fourth-order valence-corrected chi connectivity index (χ4v) is 2.33. The Kier molecular flexibility index (Phi) is 7.20. The number of ether oxygens (including phenoxy) is 2. The van der Waals surface area contributed by atoms with E-state index in [1.807, 2.05) is 18.2 Å². The van der Waals surface area contributed by atoms with Gasteiger partial charge in [-0.1, -0.05) is 19.9 Å². The molecule has 26 heavy (non-hydrogen) atoms. The Balaban J connectivity index is 1.97. The minimum atomic E-state index is -0.192. The van der Waals surface area contributed by atoms with Gasteiger partial charge in [0.2, 0.25) is 0 Å². The van der Waals surface area contributed by atoms with Gasteiger partial charge in [-0.2, -0.15) is 0 Å². The summed E-state index contributed by atoms with van der Waals surface area (Å²) >= 11 is 0. The third-order valence-electron chi connectivity index (χ3n) is 3.83. The number of amides is 1. The lowest BCUT2D eigenvalue weighted by Crippen LogP contribution is -2.26. The van der Waals surface area contributed by atoms with Crippen molar-refractivity contribution in [3.63, 3.8) is 0 Å². The fraction of sp³-hybridized carbons (Fsp3) is 0.421. The van der Waals surface area contributed by atoms with Crippen LogP contribution >= 0.6 is 0 Å². The molecule has 7 nitrogen and oxygen atoms in total. The minimum absolute atomic E-state index is 0.192. The quantitative estimate of drug-likeness (QED) is 0.717. The molecule has 0 aliphatic rings. The van der Waals surface area contributed by atoms with Crippen molar-refractivity contribution < 1.29 is 14.3 Å². The zero-order valence-electron chi connectivity index (χ0n) is 15.7. The molecule has 0 aliphatic heterocycles. The number of nitrogens with one attached hydrogen (secondary N) is 2. The highest BCUT2D eigenvalue weighted by Gasteiger charge is 2.09. The number of benzene rings is 1. The molecule has 2 aromatic rings. The van der Waals surface area contributed by atoms with Gasteiger partial charge >= 0.3 is 0 Å². The van der Waals surface area contributed by atoms with Crippen molar-refractivity contribution in [2.45, 2.75) is 26.8 Å². The number of hydrogen-bond acceptors (Lipinski definition) is 6. The molecule has 0 spiro atoms. The molecule has 1 aromatic carbocycles. The Morgan fingerprint density at radius 1 is 1.12 bits per heavy atom. The maximum atomic E-state index is 12.1. The van der Waals surface area contributed by atoms with E-state index in [1.165, 1.54) is 6.33 Å². The summed E-state index contributed by atoms with van der Waals surface area (Å²) in [5, 5.41) is 6.06. The summed E-state index contributed by atoms with van der Waals surface area (Å²) in [7, 11) is 3.20. The summed E-state index contributed by atoms with van der Waals surface area (Å²) < 4.78 is 10.5. The first-order chi connectivity index (χ1) is 12.5. The van der Waals surface area contributed by atoms with Gasteiger partial charge in [-0.25, -0.2) is 9.97 Å². The highest BCUT2D eigenvalue weighted by Crippen LogP contribution is 2.27. The van der Waals surface area contributed by atoms with Crippen LogP contribution in [0.2, 0.25) is 0 Å². The summed E-state index contributed by atoms with van der Waals surface area (Å²) in [5.41, 5.74) is 1.35. The summed E-state index contributed by atoms with van der Waals surface area (Å²) in [5.74, 6) is 2.28. The maximum Gasteiger partial charge on any atom is 0.270 e. The predicted octanol–water partition coefficient (Wildman–Crippen LogP) is 2.88. The first-order valence-corrected chi connectivity index (χ1v) is 8.58. The first kappa shape index (κ1) is 19.5. The Morgan fingerprint density at radius 2 is 1.88 bits per heavy atom. The highest BCUT2D eigenvalue weighted by molar-refractivity contribution is 5.92. The van der Waals surface area contributed by atoms with Crippen LogP contribution < -0.4 is 20.1 Å². The number of aromatic nitrogens is 2. The molecule has 7 heteroatoms. The molecule has 2 rings (SSSR count). The molecule has 0 atom stereocenters. The Labute approximate surface area is 154 Å². The van der Waals surface area contributed by atoms with Crippen molar-refractivity contribution in [1.29, 1.82) is 0 Å². The largest absolute Gasteiger partial charge is 0.493 e. The van der Waals surface area contributed by atoms with Crippen molar-refractivity contribution in [2.75, 3.05) is 26.1 Å². The molecular weight excluding hydrogens is 332 g/mol. The Morgan fingerprint density at radius 3 is 2.58 bits per heavy atom. The second-order valence-electron chi connectivity index (χ2n) is 6.27. The Hall–Kier alpha value is -2.83. The minimum Gasteiger partial charge on any atom is -0.493 e. The number of nitrogens with zero attached hydrogens (tertiary/aromatic N) is 2. The Bertz CT molecular complexity index is 734. The van der Waals surface area contributed by atoms with Crippen LogP contribution in [0.1, 0.15) is 36.3 Å². The second-order valence-corrected chi connectivity index (χ2v) is 6.27. The van der Waals surface area contributed by atoms with E-state index in [0.29, 0.717) is 42.0 Å². The third kappa shape index (κ3) is 5.61. The van der Waals surface area contributed by atoms with Crippen LogP contribution in [0, 0.1) is 5.92 Å². The van der Waals surface area contributed by atoms with Crippen molar-refractivity contribution in [3.8, 4) is 11.5 Å². The molecule has 0 fully saturated rings. The summed E-state index contributed by atoms with van der Waals surface area (Å²) in [6.45, 7) is 5.40. The molecule has 2 N–H and O–H groups in total. The van der Waals surface area contributed by atoms with Crippen molar-refractivity contribution in [3.05, 3.63) is 41.9 Å². The van der Waals surface area contributed by atoms with Gasteiger partial charge in [-0.05, 0) is 30.0 Å². The molecule has 0 saturated heterocycles. The number of carbonyl (C=O) groups excluding carboxylic acids is 1. The summed E-state index contributed by atoms with van der Waals surface area (Å²) in [6.07, 6.45) is 2.32. The molecular formula is C19H26N4O3. The van der Waals surface area contributed by atoms with Gasteiger partial charge < -0.3 is 20.1 Å². The topological polar surface area (TPSA) is 85.4 Å². The van der Waals surface area contributed by atoms with E-state index in [2.05, 4.69) is 34.4 Å². The molecule has 0 unspecified atom stereocenters. The highest BCUT2D eigenvalue weighted by atomic mass is 16.5. The lowest BCUT2D eigenvalue weighted by atomic mass is 10.1. The number of carbonyl (C=O) groups is 1. The second kappa shape index (κ2) is 9.60. The lowest BCUT2D eigenvalue weighted by Gasteiger charge is -2.11. The van der Waals surface area contributed by atoms with E-state index < -0.39 is 0 Å². The molecule has 1 heterocycles. The zero-order valence-corrected chi connectivity index (χ0v) is 15.7. The van der Waals surface area contributed by atoms with E-state index in [1.54, 1.807) is 20.3 Å². The van der Waals surface area contributed by atoms with Crippen molar-refractivity contribution in [2.24, 2.45) is 5.92 Å². The van der Waals surface area contributed by atoms with Crippen molar-refractivity contribution >= 4 is 11.7 Å². The number of methoxy groups -OCH3 is 2. The molecule has 0 bridgehead atoms. The van der Waals surface area contributed by atoms with E-state index in [9.17, 15) is 4.79 Å². The number of rotatable bonds is 9. The van der Waals surface area contributed by atoms with Crippen LogP contribution in [-0.4, -0.2) is 36.6 Å². The van der Waals surface area contributed by atoms with Gasteiger partial charge in [0.15, 0.2) is 11.5 Å². The number of hydrogen-bond donors (Lipinski definition) is 2.